The first-order valence-electron chi connectivity index (χ1n) is 48.7. The van der Waals surface area contributed by atoms with Gasteiger partial charge in [0.25, 0.3) is 47.3 Å². The fourth-order valence-corrected chi connectivity index (χ4v) is 24.9. The molecule has 0 saturated carbocycles. The molecule has 10 aromatic carbocycles. The standard InChI is InChI=1S/C110H130N4O8S2/c1-11-19-27-35-43-69(44-36-28-20-12-2)111-103(115)79-57-51-73-75-53-59-83-97-87(109(121)113(107(83)119)71(47-39-31-23-15-5)48-40-32-24-16-6)65-85(93(99(75)97)77-55-61-81(105(111)117)95(79)91(73)77)89-63-67(9)101(123-89)102-68(10)64-90(124-102)86-66-88-98-84(108(120)114(110(88)122)72(49-41-33-25-17-7)50-42-34-26-18-8)60-54-76-74-52-58-80-96-82(62-56-78(92(74)96)94(86)100(76)98)106(118)112(104(80)116)70(45-37-29-21-13-3)46-38-30-22-14-4/h51-66,69-72H,11-50H2,1-10H3. The smallest absolute Gasteiger partial charge is 0.261 e. The lowest BCUT2D eigenvalue weighted by molar-refractivity contribution is 0.0501. The van der Waals surface area contributed by atoms with E-state index in [4.69, 9.17) is 0 Å². The second kappa shape index (κ2) is 38.9. The molecule has 650 valence electrons. The molecule has 0 aliphatic carbocycles. The van der Waals surface area contributed by atoms with Crippen molar-refractivity contribution in [2.75, 3.05) is 0 Å². The van der Waals surface area contributed by atoms with Crippen LogP contribution in [0.2, 0.25) is 0 Å². The van der Waals surface area contributed by atoms with Crippen LogP contribution in [0.1, 0.15) is 406 Å². The van der Waals surface area contributed by atoms with E-state index in [9.17, 15) is 0 Å². The largest absolute Gasteiger partial charge is 0.271 e. The zero-order chi connectivity index (χ0) is 86.7. The summed E-state index contributed by atoms with van der Waals surface area (Å²) in [5.41, 5.74) is 7.80. The molecule has 0 fully saturated rings. The molecule has 0 bridgehead atoms. The van der Waals surface area contributed by atoms with Gasteiger partial charge >= 0.3 is 0 Å². The van der Waals surface area contributed by atoms with Gasteiger partial charge in [0, 0.05) is 121 Å². The Morgan fingerprint density at radius 3 is 0.637 bits per heavy atom. The van der Waals surface area contributed by atoms with Crippen LogP contribution in [-0.2, 0) is 0 Å². The summed E-state index contributed by atoms with van der Waals surface area (Å²) >= 11 is 3.34. The van der Waals surface area contributed by atoms with Crippen molar-refractivity contribution in [1.29, 1.82) is 0 Å². The number of nitrogens with zero attached hydrogens (tertiary/aromatic N) is 4. The van der Waals surface area contributed by atoms with Gasteiger partial charge in [-0.05, 0) is 202 Å². The molecule has 8 amide bonds. The van der Waals surface area contributed by atoms with Crippen molar-refractivity contribution in [3.8, 4) is 30.6 Å². The molecule has 4 aliphatic rings. The molecule has 12 nitrogen and oxygen atoms in total. The molecule has 14 heteroatoms. The normalized spacial score (nSPS) is 14.4. The minimum absolute atomic E-state index is 0.230. The molecule has 16 rings (SSSR count). The SMILES string of the molecule is CCCCCCC(CCCCCC)N1C(=O)c2ccc3c4ccc5c6c(cc(-c7cc(C)c(-c8sc(-c9cc%10c%11c(ccc%12c%13ccc%14c%15c(ccc(c9c%11%12)c%15%13)C(=O)N(C(CCCCCC)CCCCCC)C%14=O)C(=O)N(C(CCCCCC)CCCCCC)C%10=O)cc8C)s7)c(c7ccc(c2c37)C1=O)c64)C(=O)N(C(CCCCCC)CCCCCC)C5=O. The van der Waals surface area contributed by atoms with Crippen LogP contribution in [-0.4, -0.2) is 91.0 Å². The molecule has 0 N–H and O–H groups in total. The van der Waals surface area contributed by atoms with Crippen LogP contribution < -0.4 is 0 Å². The zero-order valence-electron chi connectivity index (χ0n) is 75.7. The number of hydrogen-bond donors (Lipinski definition) is 0. The van der Waals surface area contributed by atoms with Gasteiger partial charge in [0.15, 0.2) is 0 Å². The summed E-state index contributed by atoms with van der Waals surface area (Å²) in [5.74, 6) is -2.07. The minimum Gasteiger partial charge on any atom is -0.271 e. The Morgan fingerprint density at radius 1 is 0.210 bits per heavy atom. The Kier molecular flexibility index (Phi) is 27.7. The second-order valence-corrected chi connectivity index (χ2v) is 39.3. The zero-order valence-corrected chi connectivity index (χ0v) is 77.3. The monoisotopic (exact) mass is 1700 g/mol. The fraction of sp³-hybridized carbons (Fsp3) is 0.491. The summed E-state index contributed by atoms with van der Waals surface area (Å²) in [6.45, 7) is 22.0. The Morgan fingerprint density at radius 2 is 0.411 bits per heavy atom. The van der Waals surface area contributed by atoms with Gasteiger partial charge in [-0.15, -0.1) is 22.7 Å². The predicted molar refractivity (Wildman–Crippen MR) is 518 cm³/mol. The number of carbonyl (C=O) groups excluding carboxylic acids is 8. The lowest BCUT2D eigenvalue weighted by Gasteiger charge is -2.36. The van der Waals surface area contributed by atoms with Crippen molar-refractivity contribution in [1.82, 2.24) is 19.6 Å². The quantitative estimate of drug-likeness (QED) is 0.0158. The number of thiophene rings is 2. The first-order valence-corrected chi connectivity index (χ1v) is 50.4. The van der Waals surface area contributed by atoms with Gasteiger partial charge in [0.05, 0.1) is 0 Å². The molecule has 124 heavy (non-hydrogen) atoms. The number of fused-ring (bicyclic) bond motifs is 4. The molecular formula is C110H130N4O8S2. The number of imide groups is 4. The third-order valence-corrected chi connectivity index (χ3v) is 31.5. The third-order valence-electron chi connectivity index (χ3n) is 28.8. The van der Waals surface area contributed by atoms with Gasteiger partial charge in [-0.3, -0.25) is 58.0 Å². The molecule has 0 unspecified atom stereocenters. The van der Waals surface area contributed by atoms with Crippen molar-refractivity contribution in [2.45, 2.75) is 350 Å². The number of hydrogen-bond acceptors (Lipinski definition) is 10. The fourth-order valence-electron chi connectivity index (χ4n) is 22.3. The van der Waals surface area contributed by atoms with E-state index in [1.807, 2.05) is 36.4 Å². The predicted octanol–water partition coefficient (Wildman–Crippen LogP) is 31.2. The molecule has 6 heterocycles. The van der Waals surface area contributed by atoms with Gasteiger partial charge in [0.1, 0.15) is 0 Å². The number of amides is 8. The summed E-state index contributed by atoms with van der Waals surface area (Å²) in [6.07, 6.45) is 39.1. The van der Waals surface area contributed by atoms with Crippen molar-refractivity contribution in [3.05, 3.63) is 153 Å². The topological polar surface area (TPSA) is 150 Å². The maximum absolute atomic E-state index is 16.3. The maximum Gasteiger partial charge on any atom is 0.261 e. The summed E-state index contributed by atoms with van der Waals surface area (Å²) in [4.78, 5) is 137. The molecule has 4 aliphatic heterocycles. The van der Waals surface area contributed by atoms with Gasteiger partial charge < -0.3 is 0 Å². The van der Waals surface area contributed by atoms with Crippen LogP contribution in [0.4, 0.5) is 0 Å². The highest BCUT2D eigenvalue weighted by atomic mass is 32.1. The van der Waals surface area contributed by atoms with Gasteiger partial charge in [-0.25, -0.2) is 0 Å². The van der Waals surface area contributed by atoms with E-state index in [0.29, 0.717) is 66.1 Å². The summed E-state index contributed by atoms with van der Waals surface area (Å²) in [5, 5.41) is 12.7. The number of unbranched alkanes of at least 4 members (excludes halogenated alkanes) is 24. The van der Waals surface area contributed by atoms with E-state index in [0.717, 1.165) is 363 Å². The number of rotatable bonds is 47. The summed E-state index contributed by atoms with van der Waals surface area (Å²) < 4.78 is 0. The molecular weight excluding hydrogens is 1570 g/mol. The molecule has 0 atom stereocenters. The molecule has 12 aromatic rings. The highest BCUT2D eigenvalue weighted by Gasteiger charge is 2.45. The first-order chi connectivity index (χ1) is 60.5. The van der Waals surface area contributed by atoms with E-state index in [2.05, 4.69) is 130 Å². The first kappa shape index (κ1) is 88.2. The maximum atomic E-state index is 16.3. The van der Waals surface area contributed by atoms with Gasteiger partial charge in [-0.1, -0.05) is 297 Å². The minimum atomic E-state index is -0.282. The molecule has 0 spiro atoms. The highest BCUT2D eigenvalue weighted by Crippen LogP contribution is 2.56. The average molecular weight is 1700 g/mol. The summed E-state index contributed by atoms with van der Waals surface area (Å²) in [7, 11) is 0. The van der Waals surface area contributed by atoms with E-state index in [1.165, 1.54) is 0 Å². The van der Waals surface area contributed by atoms with Gasteiger partial charge in [0.2, 0.25) is 0 Å². The van der Waals surface area contributed by atoms with Crippen molar-refractivity contribution in [2.24, 2.45) is 0 Å². The van der Waals surface area contributed by atoms with Crippen LogP contribution >= 0.6 is 22.7 Å². The lowest BCUT2D eigenvalue weighted by atomic mass is 9.80. The van der Waals surface area contributed by atoms with Crippen LogP contribution in [0.15, 0.2) is 97.1 Å². The van der Waals surface area contributed by atoms with E-state index < -0.39 is 0 Å². The number of benzene rings is 10. The van der Waals surface area contributed by atoms with Crippen LogP contribution in [0.25, 0.3) is 117 Å². The average Bonchev–Trinajstić information content (AvgIpc) is 0.774. The highest BCUT2D eigenvalue weighted by molar-refractivity contribution is 7.25. The van der Waals surface area contributed by atoms with Crippen molar-refractivity contribution in [3.63, 3.8) is 0 Å². The van der Waals surface area contributed by atoms with Crippen LogP contribution in [0.5, 0.6) is 0 Å². The number of carbonyl (C=O) groups is 8. The Hall–Kier alpha value is -9.24. The Balaban J connectivity index is 0.889. The van der Waals surface area contributed by atoms with Crippen LogP contribution in [0, 0.1) is 13.8 Å². The Labute approximate surface area is 742 Å². The molecule has 0 saturated heterocycles. The van der Waals surface area contributed by atoms with Gasteiger partial charge in [-0.2, -0.15) is 0 Å². The van der Waals surface area contributed by atoms with E-state index >= 15 is 38.4 Å². The molecule has 0 radical (unpaired) electrons. The second-order valence-electron chi connectivity index (χ2n) is 37.2. The summed E-state index contributed by atoms with van der Waals surface area (Å²) in [6, 6.07) is 31.7. The Bertz CT molecular complexity index is 5620. The van der Waals surface area contributed by atoms with E-state index in [-0.39, 0.29) is 71.4 Å². The number of aryl methyl sites for hydroxylation is 2. The van der Waals surface area contributed by atoms with E-state index in [1.54, 1.807) is 42.3 Å². The van der Waals surface area contributed by atoms with Crippen molar-refractivity contribution < 1.29 is 38.4 Å². The van der Waals surface area contributed by atoms with Crippen molar-refractivity contribution >= 4 is 156 Å². The lowest BCUT2D eigenvalue weighted by Crippen LogP contribution is -2.47. The third kappa shape index (κ3) is 16.0. The van der Waals surface area contributed by atoms with Crippen LogP contribution in [0.3, 0.4) is 0 Å². The molecule has 2 aromatic heterocycles.